The van der Waals surface area contributed by atoms with Gasteiger partial charge in [0.05, 0.1) is 0 Å². The van der Waals surface area contributed by atoms with Crippen molar-refractivity contribution in [1.29, 1.82) is 0 Å². The quantitative estimate of drug-likeness (QED) is 0.709. The topological polar surface area (TPSA) is 25.8 Å². The van der Waals surface area contributed by atoms with Crippen LogP contribution in [-0.2, 0) is 6.42 Å². The van der Waals surface area contributed by atoms with Crippen LogP contribution in [0.25, 0.3) is 11.4 Å². The number of halogens is 3. The predicted molar refractivity (Wildman–Crippen MR) is 79.3 cm³/mol. The average molecular weight is 346 g/mol. The molecule has 5 heteroatoms. The first kappa shape index (κ1) is 13.8. The van der Waals surface area contributed by atoms with Crippen LogP contribution in [-0.4, -0.2) is 9.97 Å². The van der Waals surface area contributed by atoms with E-state index in [0.717, 1.165) is 27.6 Å². The largest absolute Gasteiger partial charge is 0.216 e. The molecule has 0 aliphatic carbocycles. The zero-order valence-electron chi connectivity index (χ0n) is 9.97. The Balaban J connectivity index is 2.54. The third-order valence-electron chi connectivity index (χ3n) is 2.68. The van der Waals surface area contributed by atoms with Crippen molar-refractivity contribution in [2.75, 3.05) is 0 Å². The maximum Gasteiger partial charge on any atom is 0.162 e. The highest BCUT2D eigenvalue weighted by Gasteiger charge is 2.11. The normalized spacial score (nSPS) is 10.7. The molecule has 0 bridgehead atoms. The van der Waals surface area contributed by atoms with Crippen LogP contribution in [0.15, 0.2) is 22.7 Å². The molecule has 18 heavy (non-hydrogen) atoms. The van der Waals surface area contributed by atoms with Crippen LogP contribution < -0.4 is 0 Å². The molecule has 0 saturated carbocycles. The van der Waals surface area contributed by atoms with Crippen molar-refractivity contribution in [3.8, 4) is 11.4 Å². The third-order valence-corrected chi connectivity index (χ3v) is 4.19. The predicted octanol–water partition coefficient (Wildman–Crippen LogP) is 5.08. The van der Waals surface area contributed by atoms with E-state index in [2.05, 4.69) is 25.9 Å². The molecule has 0 atom stereocenters. The second kappa shape index (κ2) is 5.55. The number of hydrogen-bond donors (Lipinski definition) is 0. The second-order valence-electron chi connectivity index (χ2n) is 3.92. The van der Waals surface area contributed by atoms with Gasteiger partial charge in [0.25, 0.3) is 0 Å². The van der Waals surface area contributed by atoms with Gasteiger partial charge in [0.15, 0.2) is 5.82 Å². The first-order chi connectivity index (χ1) is 8.52. The molecule has 0 saturated heterocycles. The Bertz CT molecular complexity index is 577. The van der Waals surface area contributed by atoms with E-state index in [4.69, 9.17) is 23.2 Å². The fraction of sp³-hybridized carbons (Fsp3) is 0.231. The van der Waals surface area contributed by atoms with E-state index in [1.807, 2.05) is 32.0 Å². The number of benzene rings is 1. The van der Waals surface area contributed by atoms with Gasteiger partial charge < -0.3 is 0 Å². The van der Waals surface area contributed by atoms with Gasteiger partial charge in [-0.3, -0.25) is 0 Å². The zero-order chi connectivity index (χ0) is 13.3. The standard InChI is InChI=1S/C13H11BrCl2N2/c1-3-9-11(15)17-13(18-12(9)16)8-4-5-10(14)7(2)6-8/h4-6H,3H2,1-2H3. The van der Waals surface area contributed by atoms with Gasteiger partial charge in [0.1, 0.15) is 10.3 Å². The Kier molecular flexibility index (Phi) is 4.25. The van der Waals surface area contributed by atoms with Crippen LogP contribution in [0, 0.1) is 6.92 Å². The number of aromatic nitrogens is 2. The molecule has 1 aromatic carbocycles. The highest BCUT2D eigenvalue weighted by atomic mass is 79.9. The van der Waals surface area contributed by atoms with E-state index in [1.165, 1.54) is 0 Å². The maximum atomic E-state index is 6.11. The number of hydrogen-bond acceptors (Lipinski definition) is 2. The molecule has 2 nitrogen and oxygen atoms in total. The smallest absolute Gasteiger partial charge is 0.162 e. The second-order valence-corrected chi connectivity index (χ2v) is 5.50. The molecule has 0 radical (unpaired) electrons. The van der Waals surface area contributed by atoms with Crippen molar-refractivity contribution in [3.05, 3.63) is 44.1 Å². The summed E-state index contributed by atoms with van der Waals surface area (Å²) in [5.74, 6) is 0.554. The van der Waals surface area contributed by atoms with Gasteiger partial charge in [-0.05, 0) is 31.0 Å². The summed E-state index contributed by atoms with van der Waals surface area (Å²) in [6.07, 6.45) is 0.720. The molecular formula is C13H11BrCl2N2. The molecule has 0 fully saturated rings. The van der Waals surface area contributed by atoms with Crippen molar-refractivity contribution < 1.29 is 0 Å². The van der Waals surface area contributed by atoms with Crippen LogP contribution in [0.5, 0.6) is 0 Å². The summed E-state index contributed by atoms with van der Waals surface area (Å²) >= 11 is 15.7. The van der Waals surface area contributed by atoms with E-state index in [0.29, 0.717) is 16.1 Å². The van der Waals surface area contributed by atoms with Crippen molar-refractivity contribution >= 4 is 39.1 Å². The summed E-state index contributed by atoms with van der Waals surface area (Å²) in [5.41, 5.74) is 2.81. The van der Waals surface area contributed by atoms with Gasteiger partial charge in [0, 0.05) is 15.6 Å². The molecule has 0 unspecified atom stereocenters. The van der Waals surface area contributed by atoms with Gasteiger partial charge in [-0.1, -0.05) is 52.1 Å². The fourth-order valence-corrected chi connectivity index (χ4v) is 2.54. The van der Waals surface area contributed by atoms with Gasteiger partial charge in [-0.2, -0.15) is 0 Å². The minimum atomic E-state index is 0.424. The number of nitrogens with zero attached hydrogens (tertiary/aromatic N) is 2. The summed E-state index contributed by atoms with van der Waals surface area (Å²) in [4.78, 5) is 8.60. The molecule has 94 valence electrons. The molecule has 0 N–H and O–H groups in total. The Morgan fingerprint density at radius 1 is 1.17 bits per heavy atom. The Labute approximate surface area is 124 Å². The lowest BCUT2D eigenvalue weighted by Gasteiger charge is -2.07. The third kappa shape index (κ3) is 2.68. The van der Waals surface area contributed by atoms with Crippen LogP contribution in [0.1, 0.15) is 18.1 Å². The average Bonchev–Trinajstić information content (AvgIpc) is 2.32. The van der Waals surface area contributed by atoms with Gasteiger partial charge in [-0.15, -0.1) is 0 Å². The van der Waals surface area contributed by atoms with Crippen molar-refractivity contribution in [2.24, 2.45) is 0 Å². The summed E-state index contributed by atoms with van der Waals surface area (Å²) in [7, 11) is 0. The lowest BCUT2D eigenvalue weighted by atomic mass is 10.1. The first-order valence-electron chi connectivity index (χ1n) is 5.51. The van der Waals surface area contributed by atoms with Crippen LogP contribution in [0.2, 0.25) is 10.3 Å². The van der Waals surface area contributed by atoms with Crippen LogP contribution in [0.3, 0.4) is 0 Å². The molecule has 1 aromatic heterocycles. The highest BCUT2D eigenvalue weighted by Crippen LogP contribution is 2.28. The lowest BCUT2D eigenvalue weighted by Crippen LogP contribution is -1.96. The summed E-state index contributed by atoms with van der Waals surface area (Å²) < 4.78 is 1.05. The highest BCUT2D eigenvalue weighted by molar-refractivity contribution is 9.10. The zero-order valence-corrected chi connectivity index (χ0v) is 13.1. The lowest BCUT2D eigenvalue weighted by molar-refractivity contribution is 1.05. The Morgan fingerprint density at radius 2 is 1.78 bits per heavy atom. The minimum Gasteiger partial charge on any atom is -0.216 e. The van der Waals surface area contributed by atoms with E-state index in [9.17, 15) is 0 Å². The number of rotatable bonds is 2. The van der Waals surface area contributed by atoms with Gasteiger partial charge in [0.2, 0.25) is 0 Å². The van der Waals surface area contributed by atoms with Crippen LogP contribution in [0.4, 0.5) is 0 Å². The van der Waals surface area contributed by atoms with Crippen molar-refractivity contribution in [1.82, 2.24) is 9.97 Å². The summed E-state index contributed by atoms with van der Waals surface area (Å²) in [5, 5.41) is 0.848. The van der Waals surface area contributed by atoms with E-state index < -0.39 is 0 Å². The minimum absolute atomic E-state index is 0.424. The number of aryl methyl sites for hydroxylation is 1. The first-order valence-corrected chi connectivity index (χ1v) is 7.06. The molecule has 0 aliphatic heterocycles. The SMILES string of the molecule is CCc1c(Cl)nc(-c2ccc(Br)c(C)c2)nc1Cl. The molecule has 0 amide bonds. The monoisotopic (exact) mass is 344 g/mol. The molecular weight excluding hydrogens is 335 g/mol. The molecule has 1 heterocycles. The Hall–Kier alpha value is -0.640. The van der Waals surface area contributed by atoms with Crippen LogP contribution >= 0.6 is 39.1 Å². The molecule has 0 spiro atoms. The van der Waals surface area contributed by atoms with E-state index in [-0.39, 0.29) is 0 Å². The molecule has 0 aliphatic rings. The van der Waals surface area contributed by atoms with Gasteiger partial charge in [-0.25, -0.2) is 9.97 Å². The fourth-order valence-electron chi connectivity index (χ4n) is 1.64. The molecule has 2 rings (SSSR count). The summed E-state index contributed by atoms with van der Waals surface area (Å²) in [6, 6.07) is 5.89. The van der Waals surface area contributed by atoms with E-state index >= 15 is 0 Å². The Morgan fingerprint density at radius 3 is 2.28 bits per heavy atom. The molecule has 2 aromatic rings. The van der Waals surface area contributed by atoms with Crippen molar-refractivity contribution in [3.63, 3.8) is 0 Å². The van der Waals surface area contributed by atoms with E-state index in [1.54, 1.807) is 0 Å². The maximum absolute atomic E-state index is 6.11. The summed E-state index contributed by atoms with van der Waals surface area (Å²) in [6.45, 7) is 3.98. The van der Waals surface area contributed by atoms with Crippen molar-refractivity contribution in [2.45, 2.75) is 20.3 Å². The van der Waals surface area contributed by atoms with Gasteiger partial charge >= 0.3 is 0 Å².